The summed E-state index contributed by atoms with van der Waals surface area (Å²) >= 11 is 0. The number of Topliss-reactive ketones (excluding diaryl/α,β-unsaturated/α-hetero) is 1. The Balaban J connectivity index is 2.38. The standard InChI is InChI=1S/C16H18NO6P/c1-2-13(10-3-5-11(18)6-4-10)16(20)14-8-7-12(19)9-15(14)17-24(21,22)23/h3-9,13-14,18-19H,2H2,1H3,(H2,21,22,23)/b17-15+. The number of hydrogen-bond donors (Lipinski definition) is 4. The van der Waals surface area contributed by atoms with Gasteiger partial charge in [-0.2, -0.15) is 4.76 Å². The van der Waals surface area contributed by atoms with Crippen molar-refractivity contribution in [1.82, 2.24) is 0 Å². The van der Waals surface area contributed by atoms with Gasteiger partial charge < -0.3 is 20.0 Å². The van der Waals surface area contributed by atoms with Gasteiger partial charge in [-0.15, -0.1) is 0 Å². The average Bonchev–Trinajstić information content (AvgIpc) is 2.48. The number of benzene rings is 1. The van der Waals surface area contributed by atoms with Crippen LogP contribution in [0, 0.1) is 5.92 Å². The third-order valence-electron chi connectivity index (χ3n) is 3.67. The van der Waals surface area contributed by atoms with Crippen LogP contribution < -0.4 is 0 Å². The van der Waals surface area contributed by atoms with E-state index in [0.717, 1.165) is 6.08 Å². The van der Waals surface area contributed by atoms with Gasteiger partial charge in [0, 0.05) is 12.0 Å². The van der Waals surface area contributed by atoms with Gasteiger partial charge in [-0.1, -0.05) is 25.1 Å². The first-order chi connectivity index (χ1) is 11.2. The Labute approximate surface area is 138 Å². The van der Waals surface area contributed by atoms with Crippen molar-refractivity contribution in [3.63, 3.8) is 0 Å². The van der Waals surface area contributed by atoms with Crippen molar-refractivity contribution in [1.29, 1.82) is 0 Å². The zero-order chi connectivity index (χ0) is 17.9. The lowest BCUT2D eigenvalue weighted by molar-refractivity contribution is -0.121. The minimum atomic E-state index is -4.74. The lowest BCUT2D eigenvalue weighted by Gasteiger charge is -2.22. The molecule has 1 aromatic rings. The Morgan fingerprint density at radius 3 is 2.42 bits per heavy atom. The van der Waals surface area contributed by atoms with Crippen molar-refractivity contribution in [2.75, 3.05) is 0 Å². The SMILES string of the molecule is CCC(C(=O)C1C=CC(O)=C/C1=N\P(=O)(O)O)c1ccc(O)cc1. The summed E-state index contributed by atoms with van der Waals surface area (Å²) in [4.78, 5) is 31.0. The Bertz CT molecular complexity index is 759. The number of nitrogens with zero attached hydrogens (tertiary/aromatic N) is 1. The summed E-state index contributed by atoms with van der Waals surface area (Å²) in [6.07, 6.45) is 4.21. The third-order valence-corrected chi connectivity index (χ3v) is 4.16. The second-order valence-electron chi connectivity index (χ2n) is 5.40. The van der Waals surface area contributed by atoms with Crippen LogP contribution in [0.5, 0.6) is 5.75 Å². The molecule has 0 saturated heterocycles. The maximum atomic E-state index is 12.9. The van der Waals surface area contributed by atoms with Gasteiger partial charge in [-0.05, 0) is 30.2 Å². The molecule has 0 bridgehead atoms. The van der Waals surface area contributed by atoms with Crippen LogP contribution in [0.4, 0.5) is 0 Å². The molecule has 7 nitrogen and oxygen atoms in total. The normalized spacial score (nSPS) is 20.7. The van der Waals surface area contributed by atoms with Crippen LogP contribution in [0.2, 0.25) is 0 Å². The van der Waals surface area contributed by atoms with Gasteiger partial charge in [0.2, 0.25) is 0 Å². The smallest absolute Gasteiger partial charge is 0.448 e. The third kappa shape index (κ3) is 4.41. The molecule has 4 N–H and O–H groups in total. The molecular formula is C16H18NO6P. The number of carbonyl (C=O) groups excluding carboxylic acids is 1. The van der Waals surface area contributed by atoms with Gasteiger partial charge in [0.15, 0.2) is 5.78 Å². The highest BCUT2D eigenvalue weighted by molar-refractivity contribution is 7.50. The minimum Gasteiger partial charge on any atom is -0.508 e. The molecule has 0 aliphatic heterocycles. The molecule has 24 heavy (non-hydrogen) atoms. The maximum absolute atomic E-state index is 12.9. The summed E-state index contributed by atoms with van der Waals surface area (Å²) in [5, 5.41) is 18.9. The van der Waals surface area contributed by atoms with Gasteiger partial charge in [0.05, 0.1) is 11.6 Å². The number of rotatable bonds is 5. The van der Waals surface area contributed by atoms with E-state index in [0.29, 0.717) is 12.0 Å². The van der Waals surface area contributed by atoms with E-state index in [1.165, 1.54) is 24.3 Å². The van der Waals surface area contributed by atoms with Gasteiger partial charge in [-0.25, -0.2) is 4.57 Å². The van der Waals surface area contributed by atoms with Crippen molar-refractivity contribution in [3.8, 4) is 5.75 Å². The van der Waals surface area contributed by atoms with Crippen LogP contribution in [0.1, 0.15) is 24.8 Å². The molecule has 2 rings (SSSR count). The highest BCUT2D eigenvalue weighted by atomic mass is 31.2. The van der Waals surface area contributed by atoms with Crippen LogP contribution in [0.3, 0.4) is 0 Å². The van der Waals surface area contributed by atoms with E-state index in [4.69, 9.17) is 9.79 Å². The Morgan fingerprint density at radius 2 is 1.88 bits per heavy atom. The van der Waals surface area contributed by atoms with Crippen LogP contribution >= 0.6 is 7.75 Å². The number of aliphatic hydroxyl groups is 1. The fourth-order valence-corrected chi connectivity index (χ4v) is 3.07. The van der Waals surface area contributed by atoms with E-state index in [1.54, 1.807) is 12.1 Å². The molecule has 8 heteroatoms. The van der Waals surface area contributed by atoms with Crippen molar-refractivity contribution < 1.29 is 29.4 Å². The average molecular weight is 351 g/mol. The predicted molar refractivity (Wildman–Crippen MR) is 89.0 cm³/mol. The summed E-state index contributed by atoms with van der Waals surface area (Å²) in [5.41, 5.74) is 0.508. The number of phenolic OH excluding ortho intramolecular Hbond substituents is 1. The zero-order valence-electron chi connectivity index (χ0n) is 12.9. The summed E-state index contributed by atoms with van der Waals surface area (Å²) < 4.78 is 14.4. The van der Waals surface area contributed by atoms with Gasteiger partial charge >= 0.3 is 7.75 Å². The first-order valence-corrected chi connectivity index (χ1v) is 8.85. The molecule has 0 radical (unpaired) electrons. The Hall–Kier alpha value is -2.21. The number of hydrogen-bond acceptors (Lipinski definition) is 4. The first kappa shape index (κ1) is 18.1. The fraction of sp³-hybridized carbons (Fsp3) is 0.250. The van der Waals surface area contributed by atoms with E-state index in [-0.39, 0.29) is 23.0 Å². The molecule has 2 unspecified atom stereocenters. The predicted octanol–water partition coefficient (Wildman–Crippen LogP) is 2.62. The number of aromatic hydroxyl groups is 1. The highest BCUT2D eigenvalue weighted by Gasteiger charge is 2.31. The van der Waals surface area contributed by atoms with Gasteiger partial charge in [-0.3, -0.25) is 4.79 Å². The summed E-state index contributed by atoms with van der Waals surface area (Å²) in [5.74, 6) is -1.95. The molecule has 0 spiro atoms. The second kappa shape index (κ2) is 7.13. The van der Waals surface area contributed by atoms with E-state index in [2.05, 4.69) is 4.76 Å². The van der Waals surface area contributed by atoms with Crippen molar-refractivity contribution in [3.05, 3.63) is 53.8 Å². The zero-order valence-corrected chi connectivity index (χ0v) is 13.8. The quantitative estimate of drug-likeness (QED) is 0.604. The lowest BCUT2D eigenvalue weighted by atomic mass is 9.82. The molecule has 0 aromatic heterocycles. The molecule has 0 saturated carbocycles. The van der Waals surface area contributed by atoms with Crippen LogP contribution in [0.25, 0.3) is 0 Å². The highest BCUT2D eigenvalue weighted by Crippen LogP contribution is 2.39. The largest absolute Gasteiger partial charge is 0.508 e. The fourth-order valence-electron chi connectivity index (χ4n) is 2.59. The van der Waals surface area contributed by atoms with E-state index in [9.17, 15) is 19.6 Å². The molecule has 2 atom stereocenters. The van der Waals surface area contributed by atoms with Crippen LogP contribution in [0.15, 0.2) is 53.0 Å². The minimum absolute atomic E-state index is 0.0789. The van der Waals surface area contributed by atoms with Crippen molar-refractivity contribution >= 4 is 19.2 Å². The number of aliphatic hydroxyl groups excluding tert-OH is 1. The summed E-state index contributed by atoms with van der Waals surface area (Å²) in [6, 6.07) is 6.19. The molecule has 1 aliphatic rings. The summed E-state index contributed by atoms with van der Waals surface area (Å²) in [6.45, 7) is 1.81. The molecule has 128 valence electrons. The monoisotopic (exact) mass is 351 g/mol. The van der Waals surface area contributed by atoms with Gasteiger partial charge in [0.1, 0.15) is 11.5 Å². The summed E-state index contributed by atoms with van der Waals surface area (Å²) in [7, 11) is -4.74. The number of phenols is 1. The Morgan fingerprint density at radius 1 is 1.25 bits per heavy atom. The molecule has 1 aliphatic carbocycles. The second-order valence-corrected chi connectivity index (χ2v) is 6.63. The molecular weight excluding hydrogens is 333 g/mol. The van der Waals surface area contributed by atoms with E-state index in [1.807, 2.05) is 6.92 Å². The molecule has 1 aromatic carbocycles. The molecule has 0 amide bonds. The maximum Gasteiger partial charge on any atom is 0.448 e. The number of ketones is 1. The van der Waals surface area contributed by atoms with Gasteiger partial charge in [0.25, 0.3) is 0 Å². The van der Waals surface area contributed by atoms with Crippen LogP contribution in [-0.2, 0) is 9.36 Å². The topological polar surface area (TPSA) is 127 Å². The Kier molecular flexibility index (Phi) is 5.39. The number of carbonyl (C=O) groups is 1. The van der Waals surface area contributed by atoms with E-state index < -0.39 is 19.6 Å². The van der Waals surface area contributed by atoms with Crippen molar-refractivity contribution in [2.45, 2.75) is 19.3 Å². The number of allylic oxidation sites excluding steroid dienone is 3. The van der Waals surface area contributed by atoms with Crippen LogP contribution in [-0.4, -0.2) is 31.5 Å². The molecule has 0 fully saturated rings. The lowest BCUT2D eigenvalue weighted by Crippen LogP contribution is -2.28. The molecule has 0 heterocycles. The first-order valence-electron chi connectivity index (χ1n) is 7.28. The van der Waals surface area contributed by atoms with Crippen molar-refractivity contribution in [2.24, 2.45) is 10.7 Å². The van der Waals surface area contributed by atoms with E-state index >= 15 is 0 Å².